The number of hydrogen-bond acceptors (Lipinski definition) is 3. The van der Waals surface area contributed by atoms with Crippen LogP contribution in [0.3, 0.4) is 0 Å². The van der Waals surface area contributed by atoms with Crippen LogP contribution in [0.5, 0.6) is 0 Å². The van der Waals surface area contributed by atoms with E-state index in [0.29, 0.717) is 6.54 Å². The Kier molecular flexibility index (Phi) is 3.58. The van der Waals surface area contributed by atoms with E-state index in [4.69, 9.17) is 0 Å². The van der Waals surface area contributed by atoms with Crippen LogP contribution in [-0.2, 0) is 9.84 Å². The maximum Gasteiger partial charge on any atom is 0.151 e. The van der Waals surface area contributed by atoms with E-state index < -0.39 is 9.84 Å². The molecule has 0 amide bonds. The first-order valence-corrected chi connectivity index (χ1v) is 7.15. The van der Waals surface area contributed by atoms with Crippen LogP contribution in [0.4, 0.5) is 0 Å². The van der Waals surface area contributed by atoms with Gasteiger partial charge in [-0.15, -0.1) is 0 Å². The smallest absolute Gasteiger partial charge is 0.151 e. The third-order valence-corrected chi connectivity index (χ3v) is 4.74. The van der Waals surface area contributed by atoms with Gasteiger partial charge in [0, 0.05) is 17.8 Å². The van der Waals surface area contributed by atoms with Crippen molar-refractivity contribution in [1.82, 2.24) is 5.32 Å². The molecule has 0 aromatic rings. The quantitative estimate of drug-likeness (QED) is 0.730. The summed E-state index contributed by atoms with van der Waals surface area (Å²) in [6.45, 7) is 6.59. The predicted octanol–water partition coefficient (Wildman–Crippen LogP) is 1.20. The zero-order valence-corrected chi connectivity index (χ0v) is 10.2. The topological polar surface area (TPSA) is 46.2 Å². The van der Waals surface area contributed by atoms with E-state index in [2.05, 4.69) is 19.2 Å². The van der Waals surface area contributed by atoms with E-state index in [1.165, 1.54) is 12.8 Å². The van der Waals surface area contributed by atoms with E-state index in [1.54, 1.807) is 6.92 Å². The Hall–Kier alpha value is -0.0900. The van der Waals surface area contributed by atoms with Crippen LogP contribution in [0, 0.1) is 5.92 Å². The van der Waals surface area contributed by atoms with Crippen molar-refractivity contribution in [2.75, 3.05) is 18.1 Å². The molecule has 0 saturated heterocycles. The molecule has 14 heavy (non-hydrogen) atoms. The summed E-state index contributed by atoms with van der Waals surface area (Å²) in [6.07, 6.45) is 2.56. The van der Waals surface area contributed by atoms with Crippen molar-refractivity contribution < 1.29 is 8.42 Å². The molecule has 4 heteroatoms. The van der Waals surface area contributed by atoms with Crippen molar-refractivity contribution in [3.63, 3.8) is 0 Å². The van der Waals surface area contributed by atoms with E-state index in [0.717, 1.165) is 5.92 Å². The minimum Gasteiger partial charge on any atom is -0.311 e. The van der Waals surface area contributed by atoms with Crippen LogP contribution in [0.25, 0.3) is 0 Å². The Labute approximate surface area is 87.2 Å². The maximum atomic E-state index is 11.2. The highest BCUT2D eigenvalue weighted by Gasteiger charge is 2.37. The Balaban J connectivity index is 2.27. The molecule has 0 aromatic heterocycles. The van der Waals surface area contributed by atoms with Crippen LogP contribution in [-0.4, -0.2) is 32.0 Å². The number of sulfone groups is 1. The molecule has 0 radical (unpaired) electrons. The van der Waals surface area contributed by atoms with Crippen molar-refractivity contribution in [2.45, 2.75) is 39.2 Å². The van der Waals surface area contributed by atoms with Gasteiger partial charge in [0.25, 0.3) is 0 Å². The van der Waals surface area contributed by atoms with Gasteiger partial charge in [0.15, 0.2) is 9.84 Å². The highest BCUT2D eigenvalue weighted by Crippen LogP contribution is 2.38. The monoisotopic (exact) mass is 219 g/mol. The molecular formula is C10H21NO2S. The van der Waals surface area contributed by atoms with Gasteiger partial charge >= 0.3 is 0 Å². The summed E-state index contributed by atoms with van der Waals surface area (Å²) in [5.74, 6) is 1.25. The Morgan fingerprint density at radius 1 is 1.36 bits per heavy atom. The summed E-state index contributed by atoms with van der Waals surface area (Å²) in [5, 5.41) is 3.33. The molecule has 0 aromatic carbocycles. The normalized spacial score (nSPS) is 18.5. The lowest BCUT2D eigenvalue weighted by Crippen LogP contribution is -2.43. The molecule has 0 heterocycles. The molecule has 1 N–H and O–H groups in total. The second kappa shape index (κ2) is 4.19. The van der Waals surface area contributed by atoms with E-state index in [1.807, 2.05) is 0 Å². The molecular weight excluding hydrogens is 198 g/mol. The molecule has 1 aliphatic carbocycles. The van der Waals surface area contributed by atoms with Gasteiger partial charge in [0.2, 0.25) is 0 Å². The minimum atomic E-state index is -2.81. The van der Waals surface area contributed by atoms with E-state index in [-0.39, 0.29) is 17.0 Å². The summed E-state index contributed by atoms with van der Waals surface area (Å²) in [6, 6.07) is 0. The molecule has 0 atom stereocenters. The van der Waals surface area contributed by atoms with Gasteiger partial charge in [-0.25, -0.2) is 8.42 Å². The SMILES string of the molecule is CCS(=O)(=O)CCNC(C)(C)C1CC1. The molecule has 1 aliphatic rings. The van der Waals surface area contributed by atoms with E-state index >= 15 is 0 Å². The fourth-order valence-electron chi connectivity index (χ4n) is 1.62. The molecule has 0 bridgehead atoms. The molecule has 3 nitrogen and oxygen atoms in total. The zero-order chi connectivity index (χ0) is 10.8. The number of hydrogen-bond donors (Lipinski definition) is 1. The first-order chi connectivity index (χ1) is 6.37. The van der Waals surface area contributed by atoms with Gasteiger partial charge < -0.3 is 5.32 Å². The fourth-order valence-corrected chi connectivity index (χ4v) is 2.32. The van der Waals surface area contributed by atoms with Crippen molar-refractivity contribution in [3.8, 4) is 0 Å². The van der Waals surface area contributed by atoms with Gasteiger partial charge in [-0.1, -0.05) is 6.92 Å². The van der Waals surface area contributed by atoms with Crippen molar-refractivity contribution in [2.24, 2.45) is 5.92 Å². The average molecular weight is 219 g/mol. The van der Waals surface area contributed by atoms with Crippen molar-refractivity contribution >= 4 is 9.84 Å². The maximum absolute atomic E-state index is 11.2. The Morgan fingerprint density at radius 2 is 1.93 bits per heavy atom. The second-order valence-electron chi connectivity index (χ2n) is 4.66. The molecule has 0 unspecified atom stereocenters. The molecule has 84 valence electrons. The Morgan fingerprint density at radius 3 is 2.36 bits per heavy atom. The minimum absolute atomic E-state index is 0.114. The highest BCUT2D eigenvalue weighted by molar-refractivity contribution is 7.91. The number of rotatable bonds is 6. The summed E-state index contributed by atoms with van der Waals surface area (Å²) < 4.78 is 22.5. The molecule has 1 saturated carbocycles. The number of nitrogens with one attached hydrogen (secondary N) is 1. The molecule has 0 aliphatic heterocycles. The van der Waals surface area contributed by atoms with Gasteiger partial charge in [-0.2, -0.15) is 0 Å². The zero-order valence-electron chi connectivity index (χ0n) is 9.34. The third-order valence-electron chi connectivity index (χ3n) is 3.03. The Bertz CT molecular complexity index is 278. The second-order valence-corrected chi connectivity index (χ2v) is 7.13. The van der Waals surface area contributed by atoms with Crippen LogP contribution in [0.15, 0.2) is 0 Å². The van der Waals surface area contributed by atoms with Gasteiger partial charge in [0.1, 0.15) is 0 Å². The lowest BCUT2D eigenvalue weighted by Gasteiger charge is -2.26. The largest absolute Gasteiger partial charge is 0.311 e. The van der Waals surface area contributed by atoms with Crippen molar-refractivity contribution in [3.05, 3.63) is 0 Å². The highest BCUT2D eigenvalue weighted by atomic mass is 32.2. The van der Waals surface area contributed by atoms with E-state index in [9.17, 15) is 8.42 Å². The lowest BCUT2D eigenvalue weighted by molar-refractivity contribution is 0.350. The van der Waals surface area contributed by atoms with Crippen LogP contribution in [0.2, 0.25) is 0 Å². The standard InChI is InChI=1S/C10H21NO2S/c1-4-14(12,13)8-7-11-10(2,3)9-5-6-9/h9,11H,4-8H2,1-3H3. The average Bonchev–Trinajstić information content (AvgIpc) is 2.85. The first kappa shape index (κ1) is 12.0. The summed E-state index contributed by atoms with van der Waals surface area (Å²) >= 11 is 0. The molecule has 1 rings (SSSR count). The lowest BCUT2D eigenvalue weighted by atomic mass is 9.99. The summed E-state index contributed by atoms with van der Waals surface area (Å²) in [4.78, 5) is 0. The molecule has 0 spiro atoms. The predicted molar refractivity (Wildman–Crippen MR) is 59.1 cm³/mol. The fraction of sp³-hybridized carbons (Fsp3) is 1.00. The third kappa shape index (κ3) is 3.58. The van der Waals surface area contributed by atoms with Crippen LogP contribution >= 0.6 is 0 Å². The van der Waals surface area contributed by atoms with Crippen LogP contribution < -0.4 is 5.32 Å². The summed E-state index contributed by atoms with van der Waals surface area (Å²) in [7, 11) is -2.81. The van der Waals surface area contributed by atoms with Crippen molar-refractivity contribution in [1.29, 1.82) is 0 Å². The molecule has 1 fully saturated rings. The van der Waals surface area contributed by atoms with Gasteiger partial charge in [-0.3, -0.25) is 0 Å². The van der Waals surface area contributed by atoms with Gasteiger partial charge in [0.05, 0.1) is 5.75 Å². The van der Waals surface area contributed by atoms with Gasteiger partial charge in [-0.05, 0) is 32.6 Å². The van der Waals surface area contributed by atoms with Crippen LogP contribution in [0.1, 0.15) is 33.6 Å². The first-order valence-electron chi connectivity index (χ1n) is 5.33. The summed E-state index contributed by atoms with van der Waals surface area (Å²) in [5.41, 5.74) is 0.114.